The van der Waals surface area contributed by atoms with Gasteiger partial charge in [0.05, 0.1) is 6.61 Å². The third kappa shape index (κ3) is 9.91. The molecule has 1 unspecified atom stereocenters. The maximum atomic E-state index is 11.1. The van der Waals surface area contributed by atoms with Crippen molar-refractivity contribution in [2.24, 2.45) is 0 Å². The van der Waals surface area contributed by atoms with E-state index in [1.54, 1.807) is 6.08 Å². The van der Waals surface area contributed by atoms with Gasteiger partial charge in [-0.15, -0.1) is 6.58 Å². The molecular weight excluding hydrogens is 374 g/mol. The molecule has 1 aromatic carbocycles. The predicted octanol–water partition coefficient (Wildman–Crippen LogP) is 4.70. The molecule has 0 aliphatic heterocycles. The Labute approximate surface area is 130 Å². The first-order valence-electron chi connectivity index (χ1n) is 6.02. The molecule has 1 rings (SSSR count). The molecule has 19 heavy (non-hydrogen) atoms. The molecule has 0 radical (unpaired) electrons. The van der Waals surface area contributed by atoms with E-state index in [1.807, 2.05) is 38.1 Å². The van der Waals surface area contributed by atoms with Gasteiger partial charge in [0.1, 0.15) is 12.2 Å². The Bertz CT molecular complexity index is 365. The summed E-state index contributed by atoms with van der Waals surface area (Å²) in [7, 11) is 0. The monoisotopic (exact) mass is 394 g/mol. The van der Waals surface area contributed by atoms with E-state index in [4.69, 9.17) is 9.26 Å². The van der Waals surface area contributed by atoms with Gasteiger partial charge in [-0.2, -0.15) is 0 Å². The number of hydrogen-bond acceptors (Lipinski definition) is 3. The van der Waals surface area contributed by atoms with Crippen LogP contribution in [0.15, 0.2) is 36.9 Å². The molecular formula is C14H20IO3P. The lowest BCUT2D eigenvalue weighted by Gasteiger charge is -2.04. The zero-order valence-corrected chi connectivity index (χ0v) is 14.5. The maximum Gasteiger partial charge on any atom is 0.306 e. The lowest BCUT2D eigenvalue weighted by Crippen LogP contribution is -2.04. The molecule has 0 N–H and O–H groups in total. The molecule has 5 heteroatoms. The first-order valence-corrected chi connectivity index (χ1v) is 10.0. The largest absolute Gasteiger partial charge is 0.467 e. The van der Waals surface area contributed by atoms with Crippen LogP contribution in [0.4, 0.5) is 0 Å². The van der Waals surface area contributed by atoms with E-state index in [-0.39, 0.29) is 5.97 Å². The van der Waals surface area contributed by atoms with Crippen molar-refractivity contribution in [1.82, 2.24) is 0 Å². The summed E-state index contributed by atoms with van der Waals surface area (Å²) in [6.07, 6.45) is 2.90. The molecule has 0 heterocycles. The maximum absolute atomic E-state index is 11.1. The Kier molecular flexibility index (Phi) is 12.0. The van der Waals surface area contributed by atoms with Gasteiger partial charge in [-0.3, -0.25) is 4.79 Å². The van der Waals surface area contributed by atoms with Gasteiger partial charge in [0.25, 0.3) is 0 Å². The molecule has 0 fully saturated rings. The SMILES string of the molecule is C=CC.CCOC(=O)CCc1ccc(OPI)cc1. The van der Waals surface area contributed by atoms with Crippen LogP contribution in [0.2, 0.25) is 0 Å². The highest BCUT2D eigenvalue weighted by Gasteiger charge is 2.02. The molecule has 0 bridgehead atoms. The molecule has 0 aromatic heterocycles. The lowest BCUT2D eigenvalue weighted by atomic mass is 10.1. The number of rotatable bonds is 6. The number of ether oxygens (including phenoxy) is 1. The second-order valence-corrected chi connectivity index (χ2v) is 5.22. The van der Waals surface area contributed by atoms with Crippen molar-refractivity contribution >= 4 is 34.5 Å². The Morgan fingerprint density at radius 3 is 2.47 bits per heavy atom. The van der Waals surface area contributed by atoms with Gasteiger partial charge >= 0.3 is 5.97 Å². The van der Waals surface area contributed by atoms with Gasteiger partial charge in [-0.1, -0.05) is 18.2 Å². The minimum absolute atomic E-state index is 0.142. The van der Waals surface area contributed by atoms with E-state index >= 15 is 0 Å². The van der Waals surface area contributed by atoms with Crippen molar-refractivity contribution in [2.75, 3.05) is 6.61 Å². The Balaban J connectivity index is 0.000000982. The van der Waals surface area contributed by atoms with Crippen molar-refractivity contribution in [1.29, 1.82) is 0 Å². The van der Waals surface area contributed by atoms with Crippen LogP contribution < -0.4 is 4.52 Å². The number of benzene rings is 1. The van der Waals surface area contributed by atoms with Gasteiger partial charge in [-0.25, -0.2) is 0 Å². The molecule has 0 saturated heterocycles. The van der Waals surface area contributed by atoms with E-state index < -0.39 is 0 Å². The molecule has 3 nitrogen and oxygen atoms in total. The van der Waals surface area contributed by atoms with Crippen LogP contribution in [0.5, 0.6) is 5.75 Å². The second-order valence-electron chi connectivity index (χ2n) is 3.54. The molecule has 1 aromatic rings. The number of carbonyl (C=O) groups excluding carboxylic acids is 1. The first-order chi connectivity index (χ1) is 9.17. The Morgan fingerprint density at radius 1 is 1.42 bits per heavy atom. The van der Waals surface area contributed by atoms with E-state index in [1.165, 1.54) is 0 Å². The minimum Gasteiger partial charge on any atom is -0.467 e. The summed E-state index contributed by atoms with van der Waals surface area (Å²) in [5, 5.41) is 0. The number of halogens is 1. The van der Waals surface area contributed by atoms with Gasteiger partial charge in [0, 0.05) is 6.42 Å². The average molecular weight is 394 g/mol. The standard InChI is InChI=1S/C11H14IO3P.C3H6/c1-2-14-11(13)8-5-9-3-6-10(7-4-9)15-16-12;1-3-2/h3-4,6-7,16H,2,5,8H2,1H3;3H,1H2,2H3. The van der Waals surface area contributed by atoms with Crippen LogP contribution in [-0.4, -0.2) is 12.6 Å². The number of carbonyl (C=O) groups is 1. The predicted molar refractivity (Wildman–Crippen MR) is 90.2 cm³/mol. The van der Waals surface area contributed by atoms with Crippen LogP contribution >= 0.6 is 28.5 Å². The normalized spacial score (nSPS) is 9.63. The summed E-state index contributed by atoms with van der Waals surface area (Å²) in [6, 6.07) is 7.80. The molecule has 0 amide bonds. The number of aryl methyl sites for hydroxylation is 1. The molecule has 0 spiro atoms. The Morgan fingerprint density at radius 2 is 2.00 bits per heavy atom. The smallest absolute Gasteiger partial charge is 0.306 e. The van der Waals surface area contributed by atoms with Gasteiger partial charge in [0.15, 0.2) is 0 Å². The fourth-order valence-corrected chi connectivity index (χ4v) is 2.24. The quantitative estimate of drug-likeness (QED) is 0.304. The van der Waals surface area contributed by atoms with Crippen molar-refractivity contribution in [3.05, 3.63) is 42.5 Å². The zero-order valence-electron chi connectivity index (χ0n) is 11.3. The number of esters is 1. The Hall–Kier alpha value is -0.610. The molecule has 0 aliphatic carbocycles. The van der Waals surface area contributed by atoms with Crippen molar-refractivity contribution < 1.29 is 14.1 Å². The van der Waals surface area contributed by atoms with Crippen LogP contribution in [0.3, 0.4) is 0 Å². The van der Waals surface area contributed by atoms with Gasteiger partial charge in [0.2, 0.25) is 0 Å². The summed E-state index contributed by atoms with van der Waals surface area (Å²) in [5.74, 6) is 0.726. The third-order valence-corrected chi connectivity index (χ3v) is 2.98. The minimum atomic E-state index is -0.142. The third-order valence-electron chi connectivity index (χ3n) is 2.00. The first kappa shape index (κ1) is 18.4. The number of allylic oxidation sites excluding steroid dienone is 1. The van der Waals surface area contributed by atoms with Crippen LogP contribution in [-0.2, 0) is 16.0 Å². The highest BCUT2D eigenvalue weighted by Crippen LogP contribution is 2.26. The fraction of sp³-hybridized carbons (Fsp3) is 0.357. The van der Waals surface area contributed by atoms with Crippen LogP contribution in [0.1, 0.15) is 25.8 Å². The highest BCUT2D eigenvalue weighted by atomic mass is 127. The fourth-order valence-electron chi connectivity index (χ4n) is 1.25. The zero-order chi connectivity index (χ0) is 14.5. The summed E-state index contributed by atoms with van der Waals surface area (Å²) in [5.41, 5.74) is 1.12. The molecule has 106 valence electrons. The van der Waals surface area contributed by atoms with E-state index in [0.29, 0.717) is 25.9 Å². The number of hydrogen-bond donors (Lipinski definition) is 0. The molecule has 0 aliphatic rings. The van der Waals surface area contributed by atoms with Crippen molar-refractivity contribution in [3.63, 3.8) is 0 Å². The average Bonchev–Trinajstić information content (AvgIpc) is 2.40. The van der Waals surface area contributed by atoms with Crippen LogP contribution in [0, 0.1) is 0 Å². The van der Waals surface area contributed by atoms with Crippen molar-refractivity contribution in [3.8, 4) is 5.75 Å². The van der Waals surface area contributed by atoms with Crippen molar-refractivity contribution in [2.45, 2.75) is 26.7 Å². The summed E-state index contributed by atoms with van der Waals surface area (Å²) >= 11 is 2.18. The molecule has 0 saturated carbocycles. The summed E-state index contributed by atoms with van der Waals surface area (Å²) < 4.78 is 10.2. The lowest BCUT2D eigenvalue weighted by molar-refractivity contribution is -0.143. The van der Waals surface area contributed by atoms with E-state index in [2.05, 4.69) is 28.6 Å². The highest BCUT2D eigenvalue weighted by molar-refractivity contribution is 14.2. The molecule has 1 atom stereocenters. The van der Waals surface area contributed by atoms with Crippen LogP contribution in [0.25, 0.3) is 0 Å². The van der Waals surface area contributed by atoms with E-state index in [9.17, 15) is 4.79 Å². The van der Waals surface area contributed by atoms with E-state index in [0.717, 1.165) is 11.3 Å². The topological polar surface area (TPSA) is 35.5 Å². The van der Waals surface area contributed by atoms with Gasteiger partial charge in [-0.05, 0) is 60.0 Å². The van der Waals surface area contributed by atoms with Gasteiger partial charge < -0.3 is 9.26 Å². The second kappa shape index (κ2) is 12.4. The summed E-state index contributed by atoms with van der Waals surface area (Å²) in [6.45, 7) is 7.94. The summed E-state index contributed by atoms with van der Waals surface area (Å²) in [4.78, 5) is 11.1.